The molecule has 0 aliphatic rings. The Labute approximate surface area is 130 Å². The van der Waals surface area contributed by atoms with Gasteiger partial charge in [-0.2, -0.15) is 0 Å². The number of rotatable bonds is 4. The number of hydrogen-bond acceptors (Lipinski definition) is 5. The largest absolute Gasteiger partial charge is 0.409 e. The van der Waals surface area contributed by atoms with E-state index in [1.807, 2.05) is 0 Å². The second-order valence-corrected chi connectivity index (χ2v) is 7.80. The number of hydrogen-bond donors (Lipinski definition) is 3. The maximum Gasteiger partial charge on any atom is 0.271 e. The van der Waals surface area contributed by atoms with E-state index in [1.54, 1.807) is 19.1 Å². The molecule has 2 aromatic rings. The van der Waals surface area contributed by atoms with Crippen molar-refractivity contribution in [2.45, 2.75) is 11.1 Å². The van der Waals surface area contributed by atoms with Crippen LogP contribution >= 0.6 is 22.9 Å². The Hall–Kier alpha value is -1.77. The number of amidine groups is 1. The lowest BCUT2D eigenvalue weighted by atomic mass is 10.1. The second kappa shape index (κ2) is 5.92. The number of nitrogens with zero attached hydrogens (tertiary/aromatic N) is 1. The van der Waals surface area contributed by atoms with Crippen LogP contribution in [0.15, 0.2) is 39.7 Å². The van der Waals surface area contributed by atoms with Gasteiger partial charge in [-0.1, -0.05) is 28.9 Å². The van der Waals surface area contributed by atoms with Crippen LogP contribution < -0.4 is 10.5 Å². The zero-order valence-corrected chi connectivity index (χ0v) is 13.3. The Bertz CT molecular complexity index is 800. The van der Waals surface area contributed by atoms with Crippen LogP contribution in [0.3, 0.4) is 0 Å². The lowest BCUT2D eigenvalue weighted by Crippen LogP contribution is -2.16. The number of anilines is 1. The summed E-state index contributed by atoms with van der Waals surface area (Å²) >= 11 is 6.71. The highest BCUT2D eigenvalue weighted by molar-refractivity contribution is 7.94. The third-order valence-electron chi connectivity index (χ3n) is 2.70. The van der Waals surface area contributed by atoms with Crippen molar-refractivity contribution >= 4 is 44.5 Å². The van der Waals surface area contributed by atoms with Gasteiger partial charge in [0.15, 0.2) is 5.84 Å². The van der Waals surface area contributed by atoms with Gasteiger partial charge in [-0.25, -0.2) is 8.42 Å². The Morgan fingerprint density at radius 1 is 1.38 bits per heavy atom. The van der Waals surface area contributed by atoms with E-state index in [9.17, 15) is 8.42 Å². The molecule has 112 valence electrons. The number of oxime groups is 1. The van der Waals surface area contributed by atoms with E-state index in [1.165, 1.54) is 18.2 Å². The normalized spacial score (nSPS) is 12.4. The van der Waals surface area contributed by atoms with Crippen LogP contribution in [0.4, 0.5) is 5.69 Å². The molecule has 1 aromatic carbocycles. The highest BCUT2D eigenvalue weighted by Gasteiger charge is 2.18. The van der Waals surface area contributed by atoms with Gasteiger partial charge in [0.2, 0.25) is 0 Å². The van der Waals surface area contributed by atoms with Crippen molar-refractivity contribution in [1.82, 2.24) is 0 Å². The van der Waals surface area contributed by atoms with Crippen LogP contribution in [-0.4, -0.2) is 19.5 Å². The van der Waals surface area contributed by atoms with E-state index in [0.717, 1.165) is 11.3 Å². The first kappa shape index (κ1) is 15.6. The van der Waals surface area contributed by atoms with Crippen molar-refractivity contribution in [3.05, 3.63) is 45.8 Å². The number of halogens is 1. The van der Waals surface area contributed by atoms with E-state index in [2.05, 4.69) is 9.88 Å². The van der Waals surface area contributed by atoms with Gasteiger partial charge in [0.25, 0.3) is 10.0 Å². The van der Waals surface area contributed by atoms with E-state index in [-0.39, 0.29) is 10.0 Å². The average molecular weight is 346 g/mol. The first-order valence-corrected chi connectivity index (χ1v) is 8.38. The molecule has 0 aliphatic carbocycles. The maximum atomic E-state index is 12.2. The smallest absolute Gasteiger partial charge is 0.271 e. The predicted octanol–water partition coefficient (Wildman–Crippen LogP) is 2.61. The molecule has 1 heterocycles. The molecule has 0 amide bonds. The quantitative estimate of drug-likeness (QED) is 0.343. The molecule has 0 saturated heterocycles. The van der Waals surface area contributed by atoms with E-state index in [4.69, 9.17) is 22.5 Å². The van der Waals surface area contributed by atoms with Crippen molar-refractivity contribution in [3.8, 4) is 0 Å². The van der Waals surface area contributed by atoms with Gasteiger partial charge < -0.3 is 10.9 Å². The van der Waals surface area contributed by atoms with Gasteiger partial charge in [0.1, 0.15) is 4.21 Å². The fourth-order valence-electron chi connectivity index (χ4n) is 1.59. The molecule has 0 aliphatic heterocycles. The molecular weight excluding hydrogens is 334 g/mol. The Morgan fingerprint density at radius 3 is 2.67 bits per heavy atom. The minimum atomic E-state index is -3.72. The van der Waals surface area contributed by atoms with Crippen LogP contribution in [0.25, 0.3) is 0 Å². The summed E-state index contributed by atoms with van der Waals surface area (Å²) in [5.74, 6) is -0.102. The molecule has 0 atom stereocenters. The van der Waals surface area contributed by atoms with Gasteiger partial charge in [0.05, 0.1) is 10.0 Å². The van der Waals surface area contributed by atoms with Crippen molar-refractivity contribution in [2.24, 2.45) is 10.9 Å². The molecule has 4 N–H and O–H groups in total. The van der Waals surface area contributed by atoms with Crippen molar-refractivity contribution in [2.75, 3.05) is 4.72 Å². The molecule has 2 rings (SSSR count). The number of thiophene rings is 1. The van der Waals surface area contributed by atoms with Gasteiger partial charge in [-0.3, -0.25) is 4.72 Å². The molecule has 1 aromatic heterocycles. The number of aryl methyl sites for hydroxylation is 1. The van der Waals surface area contributed by atoms with Gasteiger partial charge >= 0.3 is 0 Å². The highest BCUT2D eigenvalue weighted by Crippen LogP contribution is 2.28. The Kier molecular flexibility index (Phi) is 4.40. The van der Waals surface area contributed by atoms with E-state index in [0.29, 0.717) is 21.2 Å². The number of nitrogens with one attached hydrogen (secondary N) is 1. The fraction of sp³-hybridized carbons (Fsp3) is 0.0833. The van der Waals surface area contributed by atoms with Crippen molar-refractivity contribution < 1.29 is 13.6 Å². The van der Waals surface area contributed by atoms with E-state index < -0.39 is 10.0 Å². The molecular formula is C12H12ClN3O3S2. The molecule has 21 heavy (non-hydrogen) atoms. The summed E-state index contributed by atoms with van der Waals surface area (Å²) in [4.78, 5) is 0. The average Bonchev–Trinajstić information content (AvgIpc) is 2.87. The number of nitrogens with two attached hydrogens (primary N) is 1. The van der Waals surface area contributed by atoms with Gasteiger partial charge in [0, 0.05) is 5.56 Å². The molecule has 0 fully saturated rings. The van der Waals surface area contributed by atoms with Gasteiger partial charge in [-0.15, -0.1) is 11.3 Å². The zero-order chi connectivity index (χ0) is 15.6. The highest BCUT2D eigenvalue weighted by atomic mass is 35.5. The third-order valence-corrected chi connectivity index (χ3v) is 5.79. The van der Waals surface area contributed by atoms with Crippen LogP contribution in [0.1, 0.15) is 11.1 Å². The minimum absolute atomic E-state index is 0.102. The monoisotopic (exact) mass is 345 g/mol. The summed E-state index contributed by atoms with van der Waals surface area (Å²) in [6, 6.07) is 7.74. The lowest BCUT2D eigenvalue weighted by Gasteiger charge is -2.10. The zero-order valence-electron chi connectivity index (χ0n) is 10.9. The molecule has 0 saturated carbocycles. The summed E-state index contributed by atoms with van der Waals surface area (Å²) in [6.07, 6.45) is 0. The summed E-state index contributed by atoms with van der Waals surface area (Å²) in [6.45, 7) is 1.75. The summed E-state index contributed by atoms with van der Waals surface area (Å²) in [5.41, 5.74) is 6.96. The Morgan fingerprint density at radius 2 is 2.10 bits per heavy atom. The predicted molar refractivity (Wildman–Crippen MR) is 83.8 cm³/mol. The van der Waals surface area contributed by atoms with Crippen LogP contribution in [-0.2, 0) is 10.0 Å². The fourth-order valence-corrected chi connectivity index (χ4v) is 4.19. The molecule has 9 heteroatoms. The third kappa shape index (κ3) is 3.46. The molecule has 0 radical (unpaired) electrons. The van der Waals surface area contributed by atoms with Crippen molar-refractivity contribution in [3.63, 3.8) is 0 Å². The molecule has 0 bridgehead atoms. The topological polar surface area (TPSA) is 105 Å². The standard InChI is InChI=1S/C12H12ClN3O3S2/c1-7-2-3-8(12(14)15-17)6-9(7)16-21(18,19)11-5-4-10(13)20-11/h2-6,16-17H,1H3,(H2,14,15). The van der Waals surface area contributed by atoms with Crippen LogP contribution in [0, 0.1) is 6.92 Å². The SMILES string of the molecule is Cc1ccc(C(N)=NO)cc1NS(=O)(=O)c1ccc(Cl)s1. The Balaban J connectivity index is 2.39. The summed E-state index contributed by atoms with van der Waals surface area (Å²) in [7, 11) is -3.72. The number of benzene rings is 1. The molecule has 0 unspecified atom stereocenters. The summed E-state index contributed by atoms with van der Waals surface area (Å²) < 4.78 is 27.5. The first-order valence-electron chi connectivity index (χ1n) is 5.70. The molecule has 0 spiro atoms. The van der Waals surface area contributed by atoms with Gasteiger partial charge in [-0.05, 0) is 30.7 Å². The van der Waals surface area contributed by atoms with Crippen LogP contribution in [0.5, 0.6) is 0 Å². The molecule has 6 nitrogen and oxygen atoms in total. The lowest BCUT2D eigenvalue weighted by molar-refractivity contribution is 0.318. The summed E-state index contributed by atoms with van der Waals surface area (Å²) in [5, 5.41) is 11.6. The minimum Gasteiger partial charge on any atom is -0.409 e. The second-order valence-electron chi connectivity index (χ2n) is 4.18. The van der Waals surface area contributed by atoms with E-state index >= 15 is 0 Å². The van der Waals surface area contributed by atoms with Crippen LogP contribution in [0.2, 0.25) is 4.34 Å². The number of sulfonamides is 1. The van der Waals surface area contributed by atoms with Crippen molar-refractivity contribution in [1.29, 1.82) is 0 Å². The maximum absolute atomic E-state index is 12.2. The first-order chi connectivity index (χ1) is 9.83.